The first-order chi connectivity index (χ1) is 8.79. The molecule has 1 atom stereocenters. The van der Waals surface area contributed by atoms with Crippen molar-refractivity contribution in [2.75, 3.05) is 5.43 Å². The van der Waals surface area contributed by atoms with Crippen molar-refractivity contribution in [2.24, 2.45) is 5.84 Å². The average molecular weight is 243 g/mol. The third-order valence-corrected chi connectivity index (χ3v) is 2.73. The topological polar surface area (TPSA) is 60.2 Å². The molecule has 0 amide bonds. The molecule has 3 N–H and O–H groups in total. The summed E-state index contributed by atoms with van der Waals surface area (Å²) in [5, 5.41) is 0. The van der Waals surface area contributed by atoms with Crippen molar-refractivity contribution in [2.45, 2.75) is 19.6 Å². The number of ether oxygens (including phenoxy) is 1. The third kappa shape index (κ3) is 3.29. The van der Waals surface area contributed by atoms with E-state index in [1.165, 1.54) is 0 Å². The minimum absolute atomic E-state index is 0.0440. The van der Waals surface area contributed by atoms with Gasteiger partial charge in [0.25, 0.3) is 0 Å². The number of nitrogen functional groups attached to an aromatic ring is 1. The molecule has 1 unspecified atom stereocenters. The Balaban J connectivity index is 1.95. The van der Waals surface area contributed by atoms with Crippen LogP contribution in [0.15, 0.2) is 48.7 Å². The standard InChI is InChI=1S/C14H17N3O/c1-11(12-5-3-2-4-6-12)18-10-14-9-13(17-15)7-8-16-14/h2-9,11H,10,15H2,1H3,(H,16,17). The van der Waals surface area contributed by atoms with Crippen LogP contribution in [0.1, 0.15) is 24.3 Å². The highest BCUT2D eigenvalue weighted by molar-refractivity contribution is 5.41. The summed E-state index contributed by atoms with van der Waals surface area (Å²) in [4.78, 5) is 4.23. The maximum absolute atomic E-state index is 5.78. The summed E-state index contributed by atoms with van der Waals surface area (Å²) in [7, 11) is 0. The summed E-state index contributed by atoms with van der Waals surface area (Å²) in [6.45, 7) is 2.49. The number of rotatable bonds is 5. The predicted octanol–water partition coefficient (Wildman–Crippen LogP) is 2.65. The first-order valence-corrected chi connectivity index (χ1v) is 5.87. The van der Waals surface area contributed by atoms with Crippen LogP contribution in [-0.4, -0.2) is 4.98 Å². The Bertz CT molecular complexity index is 487. The highest BCUT2D eigenvalue weighted by Crippen LogP contribution is 2.18. The van der Waals surface area contributed by atoms with Crippen molar-refractivity contribution >= 4 is 5.69 Å². The summed E-state index contributed by atoms with van der Waals surface area (Å²) < 4.78 is 5.78. The zero-order valence-electron chi connectivity index (χ0n) is 10.3. The molecule has 1 aromatic heterocycles. The number of aromatic nitrogens is 1. The quantitative estimate of drug-likeness (QED) is 0.626. The van der Waals surface area contributed by atoms with Crippen molar-refractivity contribution in [3.63, 3.8) is 0 Å². The molecule has 2 aromatic rings. The first-order valence-electron chi connectivity index (χ1n) is 5.87. The normalized spacial score (nSPS) is 12.1. The number of nitrogens with two attached hydrogens (primary N) is 1. The molecule has 4 heteroatoms. The van der Waals surface area contributed by atoms with Gasteiger partial charge in [-0.15, -0.1) is 0 Å². The lowest BCUT2D eigenvalue weighted by atomic mass is 10.1. The highest BCUT2D eigenvalue weighted by Gasteiger charge is 2.05. The minimum atomic E-state index is 0.0440. The van der Waals surface area contributed by atoms with Crippen LogP contribution < -0.4 is 11.3 Å². The second kappa shape index (κ2) is 6.14. The molecule has 4 nitrogen and oxygen atoms in total. The number of nitrogens with one attached hydrogen (secondary N) is 1. The lowest BCUT2D eigenvalue weighted by Gasteiger charge is -2.13. The summed E-state index contributed by atoms with van der Waals surface area (Å²) in [6, 6.07) is 13.8. The highest BCUT2D eigenvalue weighted by atomic mass is 16.5. The van der Waals surface area contributed by atoms with Gasteiger partial charge in [0.15, 0.2) is 0 Å². The van der Waals surface area contributed by atoms with E-state index in [1.807, 2.05) is 37.3 Å². The molecular formula is C14H17N3O. The minimum Gasteiger partial charge on any atom is -0.368 e. The van der Waals surface area contributed by atoms with Gasteiger partial charge in [0.1, 0.15) is 0 Å². The Kier molecular flexibility index (Phi) is 4.28. The van der Waals surface area contributed by atoms with Gasteiger partial charge in [0.2, 0.25) is 0 Å². The molecule has 18 heavy (non-hydrogen) atoms. The van der Waals surface area contributed by atoms with E-state index in [0.29, 0.717) is 6.61 Å². The predicted molar refractivity (Wildman–Crippen MR) is 71.7 cm³/mol. The zero-order chi connectivity index (χ0) is 12.8. The second-order valence-corrected chi connectivity index (χ2v) is 4.04. The van der Waals surface area contributed by atoms with Crippen LogP contribution in [0, 0.1) is 0 Å². The van der Waals surface area contributed by atoms with Crippen molar-refractivity contribution < 1.29 is 4.74 Å². The van der Waals surface area contributed by atoms with Gasteiger partial charge in [-0.3, -0.25) is 10.8 Å². The van der Waals surface area contributed by atoms with Crippen LogP contribution in [-0.2, 0) is 11.3 Å². The van der Waals surface area contributed by atoms with Crippen LogP contribution in [0.5, 0.6) is 0 Å². The van der Waals surface area contributed by atoms with Crippen LogP contribution in [0.4, 0.5) is 5.69 Å². The molecule has 0 aliphatic carbocycles. The zero-order valence-corrected chi connectivity index (χ0v) is 10.3. The summed E-state index contributed by atoms with van der Waals surface area (Å²) in [5.41, 5.74) is 5.43. The van der Waals surface area contributed by atoms with Gasteiger partial charge in [0, 0.05) is 6.20 Å². The Morgan fingerprint density at radius 1 is 1.28 bits per heavy atom. The number of benzene rings is 1. The Hall–Kier alpha value is -1.91. The smallest absolute Gasteiger partial charge is 0.0896 e. The number of hydrazine groups is 1. The van der Waals surface area contributed by atoms with Crippen molar-refractivity contribution in [1.82, 2.24) is 4.98 Å². The molecule has 0 saturated heterocycles. The monoisotopic (exact) mass is 243 g/mol. The third-order valence-electron chi connectivity index (χ3n) is 2.73. The van der Waals surface area contributed by atoms with E-state index in [4.69, 9.17) is 10.6 Å². The van der Waals surface area contributed by atoms with Gasteiger partial charge in [-0.1, -0.05) is 30.3 Å². The van der Waals surface area contributed by atoms with E-state index >= 15 is 0 Å². The van der Waals surface area contributed by atoms with Crippen LogP contribution >= 0.6 is 0 Å². The van der Waals surface area contributed by atoms with E-state index in [1.54, 1.807) is 6.20 Å². The molecule has 94 valence electrons. The number of nitrogens with zero attached hydrogens (tertiary/aromatic N) is 1. The van der Waals surface area contributed by atoms with E-state index < -0.39 is 0 Å². The summed E-state index contributed by atoms with van der Waals surface area (Å²) in [6.07, 6.45) is 1.75. The first kappa shape index (κ1) is 12.5. The average Bonchev–Trinajstić information content (AvgIpc) is 2.46. The molecule has 0 bridgehead atoms. The van der Waals surface area contributed by atoms with E-state index in [0.717, 1.165) is 16.9 Å². The molecular weight excluding hydrogens is 226 g/mol. The maximum atomic E-state index is 5.78. The van der Waals surface area contributed by atoms with Crippen molar-refractivity contribution in [1.29, 1.82) is 0 Å². The number of hydrogen-bond acceptors (Lipinski definition) is 4. The van der Waals surface area contributed by atoms with Gasteiger partial charge in [-0.05, 0) is 24.6 Å². The van der Waals surface area contributed by atoms with E-state index in [-0.39, 0.29) is 6.10 Å². The fourth-order valence-corrected chi connectivity index (χ4v) is 1.68. The summed E-state index contributed by atoms with van der Waals surface area (Å²) >= 11 is 0. The van der Waals surface area contributed by atoms with Crippen LogP contribution in [0.3, 0.4) is 0 Å². The van der Waals surface area contributed by atoms with Crippen LogP contribution in [0.25, 0.3) is 0 Å². The summed E-state index contributed by atoms with van der Waals surface area (Å²) in [5.74, 6) is 5.35. The molecule has 1 heterocycles. The molecule has 1 aromatic carbocycles. The maximum Gasteiger partial charge on any atom is 0.0896 e. The van der Waals surface area contributed by atoms with Gasteiger partial charge in [-0.25, -0.2) is 0 Å². The molecule has 0 saturated carbocycles. The van der Waals surface area contributed by atoms with Gasteiger partial charge >= 0.3 is 0 Å². The lowest BCUT2D eigenvalue weighted by molar-refractivity contribution is 0.0505. The largest absolute Gasteiger partial charge is 0.368 e. The fraction of sp³-hybridized carbons (Fsp3) is 0.214. The van der Waals surface area contributed by atoms with Crippen LogP contribution in [0.2, 0.25) is 0 Å². The molecule has 0 fully saturated rings. The van der Waals surface area contributed by atoms with E-state index in [9.17, 15) is 0 Å². The molecule has 0 aliphatic rings. The van der Waals surface area contributed by atoms with Gasteiger partial charge < -0.3 is 10.2 Å². The number of hydrogen-bond donors (Lipinski definition) is 2. The second-order valence-electron chi connectivity index (χ2n) is 4.04. The van der Waals surface area contributed by atoms with E-state index in [2.05, 4.69) is 22.5 Å². The Morgan fingerprint density at radius 3 is 2.78 bits per heavy atom. The Labute approximate surface area is 107 Å². The molecule has 0 aliphatic heterocycles. The Morgan fingerprint density at radius 2 is 2.06 bits per heavy atom. The van der Waals surface area contributed by atoms with Gasteiger partial charge in [0.05, 0.1) is 24.1 Å². The molecule has 2 rings (SSSR count). The van der Waals surface area contributed by atoms with Crippen molar-refractivity contribution in [3.8, 4) is 0 Å². The SMILES string of the molecule is CC(OCc1cc(NN)ccn1)c1ccccc1. The number of pyridine rings is 1. The molecule has 0 spiro atoms. The lowest BCUT2D eigenvalue weighted by Crippen LogP contribution is -2.08. The molecule has 0 radical (unpaired) electrons. The number of anilines is 1. The fourth-order valence-electron chi connectivity index (χ4n) is 1.68. The van der Waals surface area contributed by atoms with Crippen molar-refractivity contribution in [3.05, 3.63) is 59.9 Å². The van der Waals surface area contributed by atoms with Gasteiger partial charge in [-0.2, -0.15) is 0 Å².